The number of carbonyl (C=O) groups excluding carboxylic acids is 1. The Morgan fingerprint density at radius 3 is 2.90 bits per heavy atom. The third-order valence-electron chi connectivity index (χ3n) is 3.06. The number of carbonyl (C=O) groups is 1. The van der Waals surface area contributed by atoms with E-state index in [2.05, 4.69) is 32.7 Å². The highest BCUT2D eigenvalue weighted by Crippen LogP contribution is 2.15. The second-order valence-electron chi connectivity index (χ2n) is 4.84. The van der Waals surface area contributed by atoms with Crippen molar-refractivity contribution in [1.29, 1.82) is 0 Å². The highest BCUT2D eigenvalue weighted by atomic mass is 16.1. The fourth-order valence-corrected chi connectivity index (χ4v) is 1.87. The number of nitrogens with zero attached hydrogens (tertiary/aromatic N) is 4. The Labute approximate surface area is 123 Å². The third-order valence-corrected chi connectivity index (χ3v) is 3.06. The third kappa shape index (κ3) is 3.77. The lowest BCUT2D eigenvalue weighted by molar-refractivity contribution is 0.0950. The Balaban J connectivity index is 2.09. The lowest BCUT2D eigenvalue weighted by atomic mass is 10.2. The number of aryl methyl sites for hydroxylation is 2. The van der Waals surface area contributed by atoms with E-state index in [0.29, 0.717) is 17.9 Å². The van der Waals surface area contributed by atoms with Gasteiger partial charge in [-0.05, 0) is 19.4 Å². The maximum absolute atomic E-state index is 12.3. The average molecular weight is 288 g/mol. The highest BCUT2D eigenvalue weighted by molar-refractivity contribution is 5.99. The zero-order valence-corrected chi connectivity index (χ0v) is 12.6. The lowest BCUT2D eigenvalue weighted by Gasteiger charge is -2.12. The van der Waals surface area contributed by atoms with Gasteiger partial charge in [0.25, 0.3) is 5.91 Å². The van der Waals surface area contributed by atoms with E-state index in [-0.39, 0.29) is 5.91 Å². The summed E-state index contributed by atoms with van der Waals surface area (Å²) in [7, 11) is 1.84. The molecule has 0 aliphatic rings. The summed E-state index contributed by atoms with van der Waals surface area (Å²) in [6.45, 7) is 5.12. The molecule has 112 valence electrons. The first-order valence-electron chi connectivity index (χ1n) is 6.93. The number of hydrogen-bond donors (Lipinski definition) is 2. The molecule has 2 heterocycles. The summed E-state index contributed by atoms with van der Waals surface area (Å²) in [4.78, 5) is 16.5. The topological polar surface area (TPSA) is 84.7 Å². The van der Waals surface area contributed by atoms with Crippen LogP contribution in [0.2, 0.25) is 0 Å². The Hall–Kier alpha value is -2.44. The molecular weight excluding hydrogens is 268 g/mol. The van der Waals surface area contributed by atoms with Gasteiger partial charge in [0, 0.05) is 25.5 Å². The van der Waals surface area contributed by atoms with Crippen molar-refractivity contribution in [2.75, 3.05) is 11.9 Å². The van der Waals surface area contributed by atoms with Gasteiger partial charge in [0.05, 0.1) is 17.8 Å². The molecule has 0 fully saturated rings. The minimum Gasteiger partial charge on any atom is -0.384 e. The summed E-state index contributed by atoms with van der Waals surface area (Å²) in [6.07, 6.45) is 4.18. The fraction of sp³-hybridized carbons (Fsp3) is 0.429. The van der Waals surface area contributed by atoms with Gasteiger partial charge >= 0.3 is 0 Å². The van der Waals surface area contributed by atoms with Crippen molar-refractivity contribution >= 4 is 11.6 Å². The molecule has 7 nitrogen and oxygen atoms in total. The van der Waals surface area contributed by atoms with Crippen LogP contribution in [0.3, 0.4) is 0 Å². The van der Waals surface area contributed by atoms with Gasteiger partial charge in [0.2, 0.25) is 0 Å². The van der Waals surface area contributed by atoms with Crippen LogP contribution in [0.15, 0.2) is 18.6 Å². The van der Waals surface area contributed by atoms with E-state index in [1.54, 1.807) is 17.1 Å². The van der Waals surface area contributed by atoms with E-state index in [0.717, 1.165) is 24.3 Å². The Morgan fingerprint density at radius 1 is 1.43 bits per heavy atom. The summed E-state index contributed by atoms with van der Waals surface area (Å²) in [5.74, 6) is 0.524. The van der Waals surface area contributed by atoms with Crippen LogP contribution in [0.5, 0.6) is 0 Å². The van der Waals surface area contributed by atoms with Crippen LogP contribution in [0.4, 0.5) is 5.69 Å². The molecular formula is C14H20N6O. The van der Waals surface area contributed by atoms with E-state index in [4.69, 9.17) is 0 Å². The van der Waals surface area contributed by atoms with Crippen molar-refractivity contribution in [3.05, 3.63) is 35.7 Å². The predicted octanol–water partition coefficient (Wildman–Crippen LogP) is 1.27. The molecule has 0 aliphatic carbocycles. The van der Waals surface area contributed by atoms with Crippen LogP contribution >= 0.6 is 0 Å². The summed E-state index contributed by atoms with van der Waals surface area (Å²) >= 11 is 0. The quantitative estimate of drug-likeness (QED) is 0.836. The number of hydrogen-bond acceptors (Lipinski definition) is 5. The summed E-state index contributed by atoms with van der Waals surface area (Å²) in [5, 5.41) is 13.8. The van der Waals surface area contributed by atoms with Gasteiger partial charge < -0.3 is 15.2 Å². The second kappa shape index (κ2) is 6.83. The first kappa shape index (κ1) is 15.0. The van der Waals surface area contributed by atoms with Crippen molar-refractivity contribution in [2.24, 2.45) is 7.05 Å². The van der Waals surface area contributed by atoms with Crippen LogP contribution in [-0.4, -0.2) is 32.2 Å². The molecule has 0 bridgehead atoms. The van der Waals surface area contributed by atoms with Crippen molar-refractivity contribution in [1.82, 2.24) is 25.1 Å². The number of pyridine rings is 1. The Bertz CT molecular complexity index is 622. The van der Waals surface area contributed by atoms with E-state index < -0.39 is 0 Å². The molecule has 1 amide bonds. The molecule has 0 radical (unpaired) electrons. The number of amides is 1. The van der Waals surface area contributed by atoms with E-state index in [9.17, 15) is 4.79 Å². The molecule has 0 saturated carbocycles. The summed E-state index contributed by atoms with van der Waals surface area (Å²) in [5.41, 5.74) is 2.22. The molecule has 7 heteroatoms. The van der Waals surface area contributed by atoms with Crippen LogP contribution in [0.25, 0.3) is 0 Å². The molecule has 2 aromatic heterocycles. The normalized spacial score (nSPS) is 10.4. The van der Waals surface area contributed by atoms with Crippen molar-refractivity contribution in [3.63, 3.8) is 0 Å². The molecule has 2 N–H and O–H groups in total. The minimum atomic E-state index is -0.177. The highest BCUT2D eigenvalue weighted by Gasteiger charge is 2.13. The Morgan fingerprint density at radius 2 is 2.24 bits per heavy atom. The minimum absolute atomic E-state index is 0.177. The molecule has 21 heavy (non-hydrogen) atoms. The lowest BCUT2D eigenvalue weighted by Crippen LogP contribution is -2.25. The first-order valence-corrected chi connectivity index (χ1v) is 6.93. The molecule has 2 aromatic rings. The number of aromatic nitrogens is 4. The Kier molecular flexibility index (Phi) is 4.86. The van der Waals surface area contributed by atoms with Crippen LogP contribution in [-0.2, 0) is 13.6 Å². The van der Waals surface area contributed by atoms with E-state index >= 15 is 0 Å². The SMILES string of the molecule is CCCNc1cc(C)ncc1C(=O)NCc1nncn1C. The fourth-order valence-electron chi connectivity index (χ4n) is 1.87. The molecule has 0 spiro atoms. The smallest absolute Gasteiger partial charge is 0.255 e. The summed E-state index contributed by atoms with van der Waals surface area (Å²) in [6, 6.07) is 1.88. The zero-order valence-electron chi connectivity index (χ0n) is 12.6. The molecule has 0 aliphatic heterocycles. The van der Waals surface area contributed by atoms with Gasteiger partial charge in [-0.2, -0.15) is 0 Å². The maximum Gasteiger partial charge on any atom is 0.255 e. The largest absolute Gasteiger partial charge is 0.384 e. The van der Waals surface area contributed by atoms with E-state index in [1.807, 2.05) is 20.0 Å². The monoisotopic (exact) mass is 288 g/mol. The van der Waals surface area contributed by atoms with Crippen LogP contribution < -0.4 is 10.6 Å². The van der Waals surface area contributed by atoms with Gasteiger partial charge in [0.1, 0.15) is 6.33 Å². The molecule has 0 atom stereocenters. The van der Waals surface area contributed by atoms with Crippen LogP contribution in [0.1, 0.15) is 35.2 Å². The number of anilines is 1. The molecule has 0 aromatic carbocycles. The van der Waals surface area contributed by atoms with Gasteiger partial charge in [0.15, 0.2) is 5.82 Å². The first-order chi connectivity index (χ1) is 10.1. The average Bonchev–Trinajstić information content (AvgIpc) is 2.88. The maximum atomic E-state index is 12.3. The van der Waals surface area contributed by atoms with Gasteiger partial charge in [-0.15, -0.1) is 10.2 Å². The van der Waals surface area contributed by atoms with Gasteiger partial charge in [-0.25, -0.2) is 0 Å². The van der Waals surface area contributed by atoms with Crippen LogP contribution in [0, 0.1) is 6.92 Å². The molecule has 0 saturated heterocycles. The standard InChI is InChI=1S/C14H20N6O/c1-4-5-15-12-6-10(2)16-7-11(12)14(21)17-8-13-19-18-9-20(13)3/h6-7,9H,4-5,8H2,1-3H3,(H,15,16)(H,17,21). The molecule has 0 unspecified atom stereocenters. The second-order valence-corrected chi connectivity index (χ2v) is 4.84. The van der Waals surface area contributed by atoms with E-state index in [1.165, 1.54) is 0 Å². The number of nitrogens with one attached hydrogen (secondary N) is 2. The predicted molar refractivity (Wildman–Crippen MR) is 79.9 cm³/mol. The van der Waals surface area contributed by atoms with Gasteiger partial charge in [-0.3, -0.25) is 9.78 Å². The molecule has 2 rings (SSSR count). The van der Waals surface area contributed by atoms with Crippen molar-refractivity contribution in [2.45, 2.75) is 26.8 Å². The zero-order chi connectivity index (χ0) is 15.2. The van der Waals surface area contributed by atoms with Gasteiger partial charge in [-0.1, -0.05) is 6.92 Å². The van der Waals surface area contributed by atoms with Crippen molar-refractivity contribution < 1.29 is 4.79 Å². The van der Waals surface area contributed by atoms with Crippen molar-refractivity contribution in [3.8, 4) is 0 Å². The number of rotatable bonds is 6. The summed E-state index contributed by atoms with van der Waals surface area (Å²) < 4.78 is 1.77.